The molecule has 140 valence electrons. The van der Waals surface area contributed by atoms with Gasteiger partial charge in [-0.25, -0.2) is 0 Å². The molecular formula is C17H28BO6P. The molecule has 0 bridgehead atoms. The standard InChI is InChI=1S/C17H28BO6P/c1-8-21-25(19,22-9-2)15-11-10-13(20-7)12-14(15)18-23-16(3,4)17(5,6)24-18/h10-12H,8-9H2,1-7H3. The predicted octanol–water partition coefficient (Wildman–Crippen LogP) is 2.89. The quantitative estimate of drug-likeness (QED) is 0.543. The maximum absolute atomic E-state index is 13.3. The van der Waals surface area contributed by atoms with Crippen molar-refractivity contribution < 1.29 is 27.7 Å². The minimum Gasteiger partial charge on any atom is -0.497 e. The highest BCUT2D eigenvalue weighted by molar-refractivity contribution is 7.62. The van der Waals surface area contributed by atoms with Crippen molar-refractivity contribution in [1.82, 2.24) is 0 Å². The van der Waals surface area contributed by atoms with Crippen LogP contribution in [0.25, 0.3) is 0 Å². The van der Waals surface area contributed by atoms with Gasteiger partial charge in [0.05, 0.1) is 36.8 Å². The minimum atomic E-state index is -3.49. The van der Waals surface area contributed by atoms with E-state index in [4.69, 9.17) is 23.1 Å². The Kier molecular flexibility index (Phi) is 6.07. The lowest BCUT2D eigenvalue weighted by Crippen LogP contribution is -2.43. The van der Waals surface area contributed by atoms with Crippen molar-refractivity contribution >= 4 is 25.5 Å². The predicted molar refractivity (Wildman–Crippen MR) is 99.2 cm³/mol. The highest BCUT2D eigenvalue weighted by Gasteiger charge is 2.53. The van der Waals surface area contributed by atoms with Crippen molar-refractivity contribution in [2.75, 3.05) is 20.3 Å². The molecule has 0 aromatic heterocycles. The van der Waals surface area contributed by atoms with E-state index in [1.165, 1.54) is 0 Å². The summed E-state index contributed by atoms with van der Waals surface area (Å²) in [6.07, 6.45) is 0. The van der Waals surface area contributed by atoms with Gasteiger partial charge in [0.15, 0.2) is 0 Å². The number of rotatable bonds is 7. The fraction of sp³-hybridized carbons (Fsp3) is 0.647. The van der Waals surface area contributed by atoms with Crippen LogP contribution in [0.2, 0.25) is 0 Å². The van der Waals surface area contributed by atoms with Gasteiger partial charge in [0, 0.05) is 5.46 Å². The Morgan fingerprint density at radius 3 is 2.00 bits per heavy atom. The fourth-order valence-corrected chi connectivity index (χ4v) is 4.36. The molecule has 1 aromatic rings. The number of benzene rings is 1. The second-order valence-corrected chi connectivity index (χ2v) is 8.84. The average molecular weight is 370 g/mol. The maximum atomic E-state index is 13.3. The molecule has 0 aliphatic carbocycles. The van der Waals surface area contributed by atoms with Crippen LogP contribution in [0.15, 0.2) is 18.2 Å². The summed E-state index contributed by atoms with van der Waals surface area (Å²) in [7, 11) is -2.60. The van der Waals surface area contributed by atoms with Crippen LogP contribution in [0.4, 0.5) is 0 Å². The van der Waals surface area contributed by atoms with Gasteiger partial charge in [-0.1, -0.05) is 0 Å². The van der Waals surface area contributed by atoms with Gasteiger partial charge in [-0.2, -0.15) is 0 Å². The number of methoxy groups -OCH3 is 1. The van der Waals surface area contributed by atoms with Gasteiger partial charge in [-0.3, -0.25) is 4.57 Å². The maximum Gasteiger partial charge on any atom is 0.495 e. The topological polar surface area (TPSA) is 63.2 Å². The molecule has 1 aliphatic rings. The summed E-state index contributed by atoms with van der Waals surface area (Å²) in [5, 5.41) is 0.440. The van der Waals surface area contributed by atoms with Crippen LogP contribution >= 0.6 is 7.60 Å². The Bertz CT molecular complexity index is 635. The molecule has 1 aliphatic heterocycles. The molecular weight excluding hydrogens is 342 g/mol. The van der Waals surface area contributed by atoms with Crippen molar-refractivity contribution in [2.24, 2.45) is 0 Å². The van der Waals surface area contributed by atoms with Crippen molar-refractivity contribution in [2.45, 2.75) is 52.7 Å². The van der Waals surface area contributed by atoms with Gasteiger partial charge < -0.3 is 23.1 Å². The van der Waals surface area contributed by atoms with Crippen LogP contribution in [-0.4, -0.2) is 38.6 Å². The van der Waals surface area contributed by atoms with Crippen molar-refractivity contribution in [3.05, 3.63) is 18.2 Å². The zero-order valence-corrected chi connectivity index (χ0v) is 17.0. The molecule has 6 nitrogen and oxygen atoms in total. The van der Waals surface area contributed by atoms with Crippen LogP contribution in [-0.2, 0) is 22.9 Å². The number of ether oxygens (including phenoxy) is 1. The molecule has 1 aromatic carbocycles. The largest absolute Gasteiger partial charge is 0.497 e. The van der Waals surface area contributed by atoms with Crippen molar-refractivity contribution in [1.29, 1.82) is 0 Å². The SMILES string of the molecule is CCOP(=O)(OCC)c1ccc(OC)cc1B1OC(C)(C)C(C)(C)O1. The van der Waals surface area contributed by atoms with Crippen LogP contribution < -0.4 is 15.5 Å². The second-order valence-electron chi connectivity index (χ2n) is 6.85. The third kappa shape index (κ3) is 3.96. The van der Waals surface area contributed by atoms with E-state index in [0.717, 1.165) is 0 Å². The molecule has 8 heteroatoms. The fourth-order valence-electron chi connectivity index (χ4n) is 2.58. The van der Waals surface area contributed by atoms with E-state index in [9.17, 15) is 4.57 Å². The Hall–Kier alpha value is -0.845. The summed E-state index contributed by atoms with van der Waals surface area (Å²) in [5.74, 6) is 0.619. The first-order chi connectivity index (χ1) is 11.6. The molecule has 0 unspecified atom stereocenters. The molecule has 1 fully saturated rings. The van der Waals surface area contributed by atoms with Crippen LogP contribution in [0, 0.1) is 0 Å². The lowest BCUT2D eigenvalue weighted by atomic mass is 9.79. The first-order valence-electron chi connectivity index (χ1n) is 8.53. The molecule has 1 saturated heterocycles. The molecule has 0 spiro atoms. The van der Waals surface area contributed by atoms with Crippen LogP contribution in [0.3, 0.4) is 0 Å². The zero-order valence-electron chi connectivity index (χ0n) is 16.1. The summed E-state index contributed by atoms with van der Waals surface area (Å²) >= 11 is 0. The van der Waals surface area contributed by atoms with Gasteiger partial charge in [0.25, 0.3) is 0 Å². The van der Waals surface area contributed by atoms with Gasteiger partial charge >= 0.3 is 14.7 Å². The molecule has 0 N–H and O–H groups in total. The van der Waals surface area contributed by atoms with E-state index in [1.54, 1.807) is 39.2 Å². The molecule has 0 radical (unpaired) electrons. The Balaban J connectivity index is 2.55. The van der Waals surface area contributed by atoms with E-state index < -0.39 is 25.9 Å². The van der Waals surface area contributed by atoms with Gasteiger partial charge in [-0.05, 0) is 59.7 Å². The molecule has 25 heavy (non-hydrogen) atoms. The third-order valence-electron chi connectivity index (χ3n) is 4.64. The van der Waals surface area contributed by atoms with Crippen molar-refractivity contribution in [3.63, 3.8) is 0 Å². The molecule has 0 amide bonds. The van der Waals surface area contributed by atoms with Gasteiger partial charge in [-0.15, -0.1) is 0 Å². The third-order valence-corrected chi connectivity index (χ3v) is 6.83. The Labute approximate surface area is 150 Å². The normalized spacial score (nSPS) is 19.2. The molecule has 2 rings (SSSR count). The van der Waals surface area contributed by atoms with Crippen LogP contribution in [0.1, 0.15) is 41.5 Å². The first kappa shape index (κ1) is 20.5. The molecule has 0 atom stereocenters. The lowest BCUT2D eigenvalue weighted by Gasteiger charge is -2.32. The Morgan fingerprint density at radius 1 is 1.04 bits per heavy atom. The zero-order chi connectivity index (χ0) is 18.9. The van der Waals surface area contributed by atoms with Gasteiger partial charge in [0.1, 0.15) is 5.75 Å². The van der Waals surface area contributed by atoms with E-state index in [1.807, 2.05) is 27.7 Å². The molecule has 1 heterocycles. The van der Waals surface area contributed by atoms with E-state index >= 15 is 0 Å². The first-order valence-corrected chi connectivity index (χ1v) is 10.1. The monoisotopic (exact) mass is 370 g/mol. The Morgan fingerprint density at radius 2 is 1.56 bits per heavy atom. The van der Waals surface area contributed by atoms with E-state index in [-0.39, 0.29) is 13.2 Å². The summed E-state index contributed by atoms with van der Waals surface area (Å²) in [6.45, 7) is 12.0. The highest BCUT2D eigenvalue weighted by Crippen LogP contribution is 2.47. The smallest absolute Gasteiger partial charge is 0.495 e. The van der Waals surface area contributed by atoms with E-state index in [2.05, 4.69) is 0 Å². The number of hydrogen-bond donors (Lipinski definition) is 0. The summed E-state index contributed by atoms with van der Waals surface area (Å²) in [6, 6.07) is 5.20. The van der Waals surface area contributed by atoms with Gasteiger partial charge in [0.2, 0.25) is 0 Å². The summed E-state index contributed by atoms with van der Waals surface area (Å²) < 4.78 is 41.9. The second kappa shape index (κ2) is 7.41. The van der Waals surface area contributed by atoms with E-state index in [0.29, 0.717) is 16.5 Å². The van der Waals surface area contributed by atoms with Crippen LogP contribution in [0.5, 0.6) is 5.75 Å². The lowest BCUT2D eigenvalue weighted by molar-refractivity contribution is 0.00578. The summed E-state index contributed by atoms with van der Waals surface area (Å²) in [4.78, 5) is 0. The highest BCUT2D eigenvalue weighted by atomic mass is 31.2. The number of hydrogen-bond acceptors (Lipinski definition) is 6. The minimum absolute atomic E-state index is 0.270. The average Bonchev–Trinajstić information content (AvgIpc) is 2.75. The molecule has 0 saturated carbocycles. The summed E-state index contributed by atoms with van der Waals surface area (Å²) in [5.41, 5.74) is -0.429. The van der Waals surface area contributed by atoms with Crippen molar-refractivity contribution in [3.8, 4) is 5.75 Å².